The third-order valence-electron chi connectivity index (χ3n) is 0. The molecule has 0 saturated heterocycles. The Labute approximate surface area is 133 Å². The number of nitrogens with two attached hydrogens (primary N) is 1. The molecule has 0 spiro atoms. The summed E-state index contributed by atoms with van der Waals surface area (Å²) in [5, 5.41) is 54.0. The Bertz CT molecular complexity index is 119. The van der Waals surface area contributed by atoms with Crippen molar-refractivity contribution in [3.05, 3.63) is 66.8 Å². The maximum absolute atomic E-state index is 8.00. The molecule has 0 saturated carbocycles. The van der Waals surface area contributed by atoms with Crippen LogP contribution < -0.4 is 0 Å². The average molecular weight is 410 g/mol. The van der Waals surface area contributed by atoms with Gasteiger partial charge < -0.3 is 66.8 Å². The van der Waals surface area contributed by atoms with E-state index in [1.807, 2.05) is 0 Å². The molecule has 131 valence electrons. The summed E-state index contributed by atoms with van der Waals surface area (Å²) in [6.07, 6.45) is 0. The molecule has 19 nitrogen and oxygen atoms in total. The first-order chi connectivity index (χ1) is 8.49. The zero-order valence-corrected chi connectivity index (χ0v) is 10.9. The second-order valence-electron chi connectivity index (χ2n) is 0.447. The van der Waals surface area contributed by atoms with Gasteiger partial charge in [0.2, 0.25) is 0 Å². The summed E-state index contributed by atoms with van der Waals surface area (Å²) in [6.45, 7) is 0. The van der Waals surface area contributed by atoms with Gasteiger partial charge in [-0.25, -0.2) is 0 Å². The number of rotatable bonds is 0. The molecule has 0 amide bonds. The molecule has 21 heavy (non-hydrogen) atoms. The molecule has 0 fully saturated rings. The molecule has 1 radical (unpaired) electrons. The van der Waals surface area contributed by atoms with Crippen LogP contribution in [0.5, 0.6) is 0 Å². The van der Waals surface area contributed by atoms with E-state index in [4.69, 9.17) is 60.7 Å². The molecule has 0 aromatic heterocycles. The van der Waals surface area contributed by atoms with Crippen LogP contribution in [-0.2, 0) is 33.6 Å². The SMILES string of the molecule is O=N[O-].O=N[O-].O=N[O-].O=N[O-].O=N[O-].O=N[O-].[Co+3].[Co].[NH2-]. The largest absolute Gasteiger partial charge is 3.00 e. The summed E-state index contributed by atoms with van der Waals surface area (Å²) in [6, 6.07) is 0. The molecule has 2 N–H and O–H groups in total. The summed E-state index contributed by atoms with van der Waals surface area (Å²) < 4.78 is 0. The standard InChI is InChI=1S/2Co.6HNO2.H2N/c;;6*2-1-3;/h;;6*(H,2,3);1H2/q;+3;;;;;;;-1/p-6. The first kappa shape index (κ1) is 63.1. The van der Waals surface area contributed by atoms with Gasteiger partial charge in [0.25, 0.3) is 0 Å². The Morgan fingerprint density at radius 1 is 0.429 bits per heavy atom. The Kier molecular flexibility index (Phi) is 1230. The van der Waals surface area contributed by atoms with Crippen molar-refractivity contribution in [2.75, 3.05) is 0 Å². The van der Waals surface area contributed by atoms with E-state index in [1.165, 1.54) is 0 Å². The minimum atomic E-state index is 0. The third kappa shape index (κ3) is 595. The van der Waals surface area contributed by atoms with Crippen LogP contribution >= 0.6 is 0 Å². The van der Waals surface area contributed by atoms with E-state index >= 15 is 0 Å². The molecule has 0 aliphatic heterocycles. The summed E-state index contributed by atoms with van der Waals surface area (Å²) in [7, 11) is 0. The van der Waals surface area contributed by atoms with Crippen molar-refractivity contribution in [3.63, 3.8) is 0 Å². The van der Waals surface area contributed by atoms with Gasteiger partial charge in [0.1, 0.15) is 0 Å². The predicted octanol–water partition coefficient (Wildman–Crippen LogP) is 2.22. The Morgan fingerprint density at radius 2 is 0.429 bits per heavy atom. The smallest absolute Gasteiger partial charge is 0.693 e. The molecule has 0 aromatic rings. The van der Waals surface area contributed by atoms with Crippen LogP contribution in [0.4, 0.5) is 0 Å². The van der Waals surface area contributed by atoms with Crippen LogP contribution in [-0.4, -0.2) is 0 Å². The summed E-state index contributed by atoms with van der Waals surface area (Å²) in [4.78, 5) is 48.0. The van der Waals surface area contributed by atoms with E-state index < -0.39 is 0 Å². The van der Waals surface area contributed by atoms with Crippen molar-refractivity contribution in [2.45, 2.75) is 0 Å². The predicted molar refractivity (Wildman–Crippen MR) is 60.3 cm³/mol. The van der Waals surface area contributed by atoms with Crippen LogP contribution in [0.15, 0.2) is 32.0 Å². The molecule has 0 rings (SSSR count). The molecule has 0 atom stereocenters. The van der Waals surface area contributed by atoms with Gasteiger partial charge in [-0.2, -0.15) is 0 Å². The van der Waals surface area contributed by atoms with Crippen LogP contribution in [0.2, 0.25) is 0 Å². The quantitative estimate of drug-likeness (QED) is 0.409. The molecule has 0 unspecified atom stereocenters. The van der Waals surface area contributed by atoms with Crippen molar-refractivity contribution in [2.24, 2.45) is 32.0 Å². The normalized spacial score (nSPS) is 3.43. The zero-order chi connectivity index (χ0) is 16.2. The molecule has 21 heteroatoms. The first-order valence-corrected chi connectivity index (χ1v) is 2.19. The second-order valence-corrected chi connectivity index (χ2v) is 0.447. The molecular formula is H2Co2N7O12-4. The zero-order valence-electron chi connectivity index (χ0n) is 8.83. The maximum atomic E-state index is 8.00. The van der Waals surface area contributed by atoms with E-state index in [0.29, 0.717) is 0 Å². The van der Waals surface area contributed by atoms with Gasteiger partial charge in [0.05, 0.1) is 0 Å². The number of hydrogen-bond donors (Lipinski definition) is 0. The average Bonchev–Trinajstić information content (AvgIpc) is 2.23. The summed E-state index contributed by atoms with van der Waals surface area (Å²) >= 11 is 0. The van der Waals surface area contributed by atoms with E-state index in [-0.39, 0.29) is 39.7 Å². The van der Waals surface area contributed by atoms with E-state index in [0.717, 1.165) is 32.0 Å². The molecule has 0 bridgehead atoms. The van der Waals surface area contributed by atoms with E-state index in [2.05, 4.69) is 0 Å². The molecule has 0 aromatic carbocycles. The Morgan fingerprint density at radius 3 is 0.429 bits per heavy atom. The molecule has 0 aliphatic carbocycles. The summed E-state index contributed by atoms with van der Waals surface area (Å²) in [5.41, 5.74) is 0. The van der Waals surface area contributed by atoms with Crippen LogP contribution in [0.1, 0.15) is 0 Å². The van der Waals surface area contributed by atoms with Gasteiger partial charge in [-0.15, -0.1) is 32.0 Å². The van der Waals surface area contributed by atoms with Gasteiger partial charge in [-0.3, -0.25) is 0 Å². The molecule has 0 aliphatic rings. The fourth-order valence-electron chi connectivity index (χ4n) is 0. The Balaban J connectivity index is -0.0000000114. The Hall–Kier alpha value is -2.63. The van der Waals surface area contributed by atoms with E-state index in [9.17, 15) is 0 Å². The third-order valence-corrected chi connectivity index (χ3v) is 0. The van der Waals surface area contributed by atoms with E-state index in [1.54, 1.807) is 0 Å². The van der Waals surface area contributed by atoms with Crippen molar-refractivity contribution in [3.8, 4) is 0 Å². The van der Waals surface area contributed by atoms with Crippen LogP contribution in [0.3, 0.4) is 0 Å². The van der Waals surface area contributed by atoms with Crippen molar-refractivity contribution in [1.29, 1.82) is 0 Å². The first-order valence-electron chi connectivity index (χ1n) is 2.19. The summed E-state index contributed by atoms with van der Waals surface area (Å²) in [5.74, 6) is 0. The fourth-order valence-corrected chi connectivity index (χ4v) is 0. The van der Waals surface area contributed by atoms with Gasteiger partial charge in [-0.05, 0) is 0 Å². The minimum absolute atomic E-state index is 0. The van der Waals surface area contributed by atoms with Crippen LogP contribution in [0.25, 0.3) is 6.15 Å². The number of nitrogens with zero attached hydrogens (tertiary/aromatic N) is 6. The number of hydrogen-bond acceptors (Lipinski definition) is 18. The minimum Gasteiger partial charge on any atom is -0.693 e. The van der Waals surface area contributed by atoms with Gasteiger partial charge in [0, 0.05) is 16.8 Å². The molecular weight excluding hydrogens is 408 g/mol. The second kappa shape index (κ2) is 409. The van der Waals surface area contributed by atoms with Crippen LogP contribution in [0, 0.1) is 60.7 Å². The fraction of sp³-hybridized carbons (Fsp3) is 0. The van der Waals surface area contributed by atoms with Gasteiger partial charge in [-0.1, -0.05) is 0 Å². The van der Waals surface area contributed by atoms with Crippen molar-refractivity contribution < 1.29 is 33.6 Å². The molecule has 0 heterocycles. The topological polar surface area (TPSA) is 348 Å². The van der Waals surface area contributed by atoms with Gasteiger partial charge in [0.15, 0.2) is 0 Å². The monoisotopic (exact) mass is 410 g/mol. The van der Waals surface area contributed by atoms with Gasteiger partial charge >= 0.3 is 16.8 Å². The maximum Gasteiger partial charge on any atom is 3.00 e. The van der Waals surface area contributed by atoms with Crippen molar-refractivity contribution >= 4 is 0 Å². The van der Waals surface area contributed by atoms with Crippen molar-refractivity contribution in [1.82, 2.24) is 0 Å².